The minimum absolute atomic E-state index is 0.0931. The highest BCUT2D eigenvalue weighted by atomic mass is 35.5. The largest absolute Gasteiger partial charge is 0.368 e. The van der Waals surface area contributed by atoms with E-state index >= 15 is 0 Å². The Kier molecular flexibility index (Phi) is 2.80. The molecule has 0 aliphatic rings. The van der Waals surface area contributed by atoms with E-state index in [1.54, 1.807) is 18.2 Å². The molecule has 0 atom stereocenters. The molecule has 0 unspecified atom stereocenters. The van der Waals surface area contributed by atoms with E-state index in [0.717, 1.165) is 4.57 Å². The van der Waals surface area contributed by atoms with Gasteiger partial charge in [-0.1, -0.05) is 29.3 Å². The third kappa shape index (κ3) is 1.87. The predicted octanol–water partition coefficient (Wildman–Crippen LogP) is 1.52. The van der Waals surface area contributed by atoms with Crippen LogP contribution in [-0.4, -0.2) is 14.5 Å². The van der Waals surface area contributed by atoms with Crippen LogP contribution >= 0.6 is 23.2 Å². The number of nitrogen functional groups attached to an aromatic ring is 1. The monoisotopic (exact) mass is 256 g/mol. The van der Waals surface area contributed by atoms with Crippen LogP contribution in [0.4, 0.5) is 5.95 Å². The Balaban J connectivity index is 2.73. The van der Waals surface area contributed by atoms with Crippen molar-refractivity contribution >= 4 is 29.2 Å². The van der Waals surface area contributed by atoms with Crippen LogP contribution in [0.1, 0.15) is 0 Å². The maximum absolute atomic E-state index is 11.6. The number of aromatic nitrogens is 3. The van der Waals surface area contributed by atoms with Crippen LogP contribution in [0, 0.1) is 0 Å². The number of nitrogens with two attached hydrogens (primary N) is 1. The van der Waals surface area contributed by atoms with Gasteiger partial charge in [-0.15, -0.1) is 0 Å². The highest BCUT2D eigenvalue weighted by Gasteiger charge is 2.10. The lowest BCUT2D eigenvalue weighted by Gasteiger charge is -2.08. The standard InChI is InChI=1S/C9H6Cl2N4O/c10-5-2-1-3-6(11)7(5)15-4-13-8(12)14-9(15)16/h1-4H,(H2,12,14,16). The van der Waals surface area contributed by atoms with Crippen molar-refractivity contribution in [1.82, 2.24) is 14.5 Å². The van der Waals surface area contributed by atoms with Crippen LogP contribution < -0.4 is 11.4 Å². The van der Waals surface area contributed by atoms with Gasteiger partial charge in [0.25, 0.3) is 0 Å². The van der Waals surface area contributed by atoms with E-state index < -0.39 is 5.69 Å². The smallest absolute Gasteiger partial charge is 0.356 e. The summed E-state index contributed by atoms with van der Waals surface area (Å²) in [5, 5.41) is 0.672. The van der Waals surface area contributed by atoms with Gasteiger partial charge in [-0.05, 0) is 12.1 Å². The number of benzene rings is 1. The van der Waals surface area contributed by atoms with Gasteiger partial charge in [0, 0.05) is 0 Å². The molecular formula is C9H6Cl2N4O. The Labute approximate surface area is 100 Å². The van der Waals surface area contributed by atoms with E-state index in [0.29, 0.717) is 15.7 Å². The summed E-state index contributed by atoms with van der Waals surface area (Å²) in [6, 6.07) is 4.91. The molecule has 1 aromatic carbocycles. The van der Waals surface area contributed by atoms with Crippen molar-refractivity contribution in [3.05, 3.63) is 45.1 Å². The highest BCUT2D eigenvalue weighted by molar-refractivity contribution is 6.37. The minimum atomic E-state index is -0.581. The summed E-state index contributed by atoms with van der Waals surface area (Å²) in [7, 11) is 0. The van der Waals surface area contributed by atoms with E-state index in [2.05, 4.69) is 9.97 Å². The topological polar surface area (TPSA) is 73.8 Å². The number of anilines is 1. The molecule has 0 fully saturated rings. The van der Waals surface area contributed by atoms with Crippen LogP contribution in [0.3, 0.4) is 0 Å². The summed E-state index contributed by atoms with van der Waals surface area (Å²) in [5.41, 5.74) is 5.04. The third-order valence-electron chi connectivity index (χ3n) is 1.90. The van der Waals surface area contributed by atoms with Crippen molar-refractivity contribution < 1.29 is 0 Å². The van der Waals surface area contributed by atoms with Crippen LogP contribution in [-0.2, 0) is 0 Å². The van der Waals surface area contributed by atoms with E-state index in [9.17, 15) is 4.79 Å². The van der Waals surface area contributed by atoms with Crippen molar-refractivity contribution in [2.75, 3.05) is 5.73 Å². The van der Waals surface area contributed by atoms with Gasteiger partial charge in [-0.2, -0.15) is 4.98 Å². The second kappa shape index (κ2) is 4.11. The molecule has 2 N–H and O–H groups in total. The van der Waals surface area contributed by atoms with E-state index in [-0.39, 0.29) is 5.95 Å². The summed E-state index contributed by atoms with van der Waals surface area (Å²) in [5.74, 6) is -0.0931. The second-order valence-corrected chi connectivity index (χ2v) is 3.75. The summed E-state index contributed by atoms with van der Waals surface area (Å²) >= 11 is 11.9. The number of hydrogen-bond acceptors (Lipinski definition) is 4. The average Bonchev–Trinajstić information content (AvgIpc) is 2.20. The van der Waals surface area contributed by atoms with Gasteiger partial charge in [-0.3, -0.25) is 0 Å². The van der Waals surface area contributed by atoms with Gasteiger partial charge in [0.1, 0.15) is 6.33 Å². The number of para-hydroxylation sites is 1. The van der Waals surface area contributed by atoms with Gasteiger partial charge < -0.3 is 5.73 Å². The molecule has 5 nitrogen and oxygen atoms in total. The molecule has 16 heavy (non-hydrogen) atoms. The predicted molar refractivity (Wildman–Crippen MR) is 62.1 cm³/mol. The lowest BCUT2D eigenvalue weighted by molar-refractivity contribution is 0.868. The molecule has 7 heteroatoms. The molecule has 2 aromatic rings. The molecular weight excluding hydrogens is 251 g/mol. The maximum atomic E-state index is 11.6. The Hall–Kier alpha value is -1.59. The van der Waals surface area contributed by atoms with Gasteiger partial charge in [0.15, 0.2) is 0 Å². The maximum Gasteiger partial charge on any atom is 0.356 e. The zero-order valence-corrected chi connectivity index (χ0v) is 9.40. The number of rotatable bonds is 1. The van der Waals surface area contributed by atoms with Crippen LogP contribution in [0.25, 0.3) is 5.69 Å². The molecule has 0 amide bonds. The normalized spacial score (nSPS) is 10.4. The zero-order chi connectivity index (χ0) is 11.7. The first kappa shape index (κ1) is 10.9. The zero-order valence-electron chi connectivity index (χ0n) is 7.89. The van der Waals surface area contributed by atoms with Crippen molar-refractivity contribution in [2.24, 2.45) is 0 Å². The fourth-order valence-corrected chi connectivity index (χ4v) is 1.80. The Morgan fingerprint density at radius 2 is 1.88 bits per heavy atom. The molecule has 0 aliphatic heterocycles. The minimum Gasteiger partial charge on any atom is -0.368 e. The number of nitrogens with zero attached hydrogens (tertiary/aromatic N) is 3. The molecule has 0 aliphatic carbocycles. The Morgan fingerprint density at radius 1 is 1.25 bits per heavy atom. The molecule has 0 bridgehead atoms. The summed E-state index contributed by atoms with van der Waals surface area (Å²) < 4.78 is 1.14. The van der Waals surface area contributed by atoms with Gasteiger partial charge in [-0.25, -0.2) is 14.3 Å². The van der Waals surface area contributed by atoms with Crippen LogP contribution in [0.5, 0.6) is 0 Å². The quantitative estimate of drug-likeness (QED) is 0.840. The first-order valence-corrected chi connectivity index (χ1v) is 5.01. The Morgan fingerprint density at radius 3 is 2.44 bits per heavy atom. The van der Waals surface area contributed by atoms with Gasteiger partial charge >= 0.3 is 5.69 Å². The van der Waals surface area contributed by atoms with Gasteiger partial charge in [0.2, 0.25) is 5.95 Å². The molecule has 0 saturated carbocycles. The highest BCUT2D eigenvalue weighted by Crippen LogP contribution is 2.26. The molecule has 1 aromatic heterocycles. The molecule has 0 radical (unpaired) electrons. The number of halogens is 2. The van der Waals surface area contributed by atoms with Crippen molar-refractivity contribution in [3.8, 4) is 5.69 Å². The van der Waals surface area contributed by atoms with E-state index in [1.165, 1.54) is 6.33 Å². The van der Waals surface area contributed by atoms with E-state index in [1.807, 2.05) is 0 Å². The lowest BCUT2D eigenvalue weighted by Crippen LogP contribution is -2.23. The van der Waals surface area contributed by atoms with Crippen LogP contribution in [0.2, 0.25) is 10.0 Å². The summed E-state index contributed by atoms with van der Waals surface area (Å²) in [4.78, 5) is 18.8. The van der Waals surface area contributed by atoms with E-state index in [4.69, 9.17) is 28.9 Å². The van der Waals surface area contributed by atoms with Crippen LogP contribution in [0.15, 0.2) is 29.3 Å². The summed E-state index contributed by atoms with van der Waals surface area (Å²) in [6.45, 7) is 0. The van der Waals surface area contributed by atoms with Crippen molar-refractivity contribution in [2.45, 2.75) is 0 Å². The fraction of sp³-hybridized carbons (Fsp3) is 0. The first-order valence-electron chi connectivity index (χ1n) is 4.25. The molecule has 0 saturated heterocycles. The molecule has 0 spiro atoms. The summed E-state index contributed by atoms with van der Waals surface area (Å²) in [6.07, 6.45) is 1.23. The SMILES string of the molecule is Nc1ncn(-c2c(Cl)cccc2Cl)c(=O)n1. The number of hydrogen-bond donors (Lipinski definition) is 1. The molecule has 82 valence electrons. The van der Waals surface area contributed by atoms with Crippen molar-refractivity contribution in [3.63, 3.8) is 0 Å². The fourth-order valence-electron chi connectivity index (χ4n) is 1.22. The first-order chi connectivity index (χ1) is 7.59. The van der Waals surface area contributed by atoms with Crippen molar-refractivity contribution in [1.29, 1.82) is 0 Å². The average molecular weight is 257 g/mol. The lowest BCUT2D eigenvalue weighted by atomic mass is 10.3. The second-order valence-electron chi connectivity index (χ2n) is 2.94. The molecule has 2 rings (SSSR count). The molecule has 1 heterocycles. The van der Waals surface area contributed by atoms with Gasteiger partial charge in [0.05, 0.1) is 15.7 Å². The Bertz CT molecular complexity index is 576. The third-order valence-corrected chi connectivity index (χ3v) is 2.51.